The fourth-order valence-corrected chi connectivity index (χ4v) is 5.38. The second-order valence-electron chi connectivity index (χ2n) is 10.5. The predicted octanol–water partition coefficient (Wildman–Crippen LogP) is 1.89. The fourth-order valence-electron chi connectivity index (χ4n) is 5.38. The topological polar surface area (TPSA) is 147 Å². The molecule has 0 radical (unpaired) electrons. The molecule has 10 nitrogen and oxygen atoms in total. The number of nitrogen functional groups attached to an aromatic ring is 1. The lowest BCUT2D eigenvalue weighted by Gasteiger charge is -2.29. The van der Waals surface area contributed by atoms with Gasteiger partial charge in [-0.05, 0) is 50.5 Å². The number of amides is 3. The molecule has 2 atom stereocenters. The number of carbonyl (C=O) groups is 3. The number of fused-ring (bicyclic) bond motifs is 1. The highest BCUT2D eigenvalue weighted by atomic mass is 19.1. The molecule has 0 bridgehead atoms. The molecule has 3 aliphatic rings. The van der Waals surface area contributed by atoms with E-state index >= 15 is 4.39 Å². The van der Waals surface area contributed by atoms with E-state index in [1.807, 2.05) is 18.7 Å². The van der Waals surface area contributed by atoms with E-state index in [2.05, 4.69) is 15.3 Å². The zero-order chi connectivity index (χ0) is 28.0. The molecular formula is C27H31F2N7O3. The van der Waals surface area contributed by atoms with Gasteiger partial charge in [-0.1, -0.05) is 0 Å². The first-order valence-electron chi connectivity index (χ1n) is 13.0. The van der Waals surface area contributed by atoms with E-state index in [9.17, 15) is 18.8 Å². The molecule has 4 heterocycles. The maximum Gasteiger partial charge on any atom is 0.255 e. The van der Waals surface area contributed by atoms with Gasteiger partial charge in [0.25, 0.3) is 5.91 Å². The number of alkyl halides is 1. The number of halogens is 2. The minimum Gasteiger partial charge on any atom is -0.397 e. The zero-order valence-electron chi connectivity index (χ0n) is 21.8. The van der Waals surface area contributed by atoms with Gasteiger partial charge in [-0.15, -0.1) is 0 Å². The van der Waals surface area contributed by atoms with Crippen molar-refractivity contribution in [2.24, 2.45) is 10.7 Å². The first-order valence-corrected chi connectivity index (χ1v) is 13.0. The summed E-state index contributed by atoms with van der Waals surface area (Å²) in [5, 5.41) is 2.24. The average Bonchev–Trinajstić information content (AvgIpc) is 3.43. The average molecular weight is 540 g/mol. The lowest BCUT2D eigenvalue weighted by atomic mass is 10.00. The summed E-state index contributed by atoms with van der Waals surface area (Å²) < 4.78 is 29.9. The van der Waals surface area contributed by atoms with E-state index in [0.717, 1.165) is 0 Å². The Morgan fingerprint density at radius 2 is 1.97 bits per heavy atom. The van der Waals surface area contributed by atoms with Crippen LogP contribution in [0.1, 0.15) is 60.3 Å². The predicted molar refractivity (Wildman–Crippen MR) is 141 cm³/mol. The van der Waals surface area contributed by atoms with Gasteiger partial charge in [-0.25, -0.2) is 13.8 Å². The van der Waals surface area contributed by atoms with Crippen molar-refractivity contribution in [2.45, 2.75) is 64.5 Å². The zero-order valence-corrected chi connectivity index (χ0v) is 21.8. The minimum absolute atomic E-state index is 0.102. The SMILES string of the molecule is CC(C)N=C(N)c1nc(-c2ccc3c(c2F)CN(C2CCC(=O)NC2=O)C3=O)cc(CN2CCC(F)C2)c1N. The maximum absolute atomic E-state index is 16.0. The Bertz CT molecular complexity index is 1390. The lowest BCUT2D eigenvalue weighted by Crippen LogP contribution is -2.52. The summed E-state index contributed by atoms with van der Waals surface area (Å²) in [6.45, 7) is 4.76. The Balaban J connectivity index is 1.54. The van der Waals surface area contributed by atoms with Crippen LogP contribution in [0.5, 0.6) is 0 Å². The molecule has 1 aromatic heterocycles. The van der Waals surface area contributed by atoms with Crippen molar-refractivity contribution in [1.29, 1.82) is 0 Å². The number of piperidine rings is 1. The number of aromatic nitrogens is 1. The van der Waals surface area contributed by atoms with E-state index in [4.69, 9.17) is 11.5 Å². The second-order valence-corrected chi connectivity index (χ2v) is 10.5. The van der Waals surface area contributed by atoms with Gasteiger partial charge < -0.3 is 16.4 Å². The minimum atomic E-state index is -0.918. The number of aliphatic imine (C=N–C) groups is 1. The van der Waals surface area contributed by atoms with E-state index in [0.29, 0.717) is 30.8 Å². The summed E-state index contributed by atoms with van der Waals surface area (Å²) in [4.78, 5) is 49.2. The quantitative estimate of drug-likeness (QED) is 0.289. The Morgan fingerprint density at radius 1 is 1.23 bits per heavy atom. The van der Waals surface area contributed by atoms with Crippen LogP contribution in [0.15, 0.2) is 23.2 Å². The van der Waals surface area contributed by atoms with Gasteiger partial charge in [0.2, 0.25) is 11.8 Å². The van der Waals surface area contributed by atoms with Gasteiger partial charge in [-0.2, -0.15) is 0 Å². The van der Waals surface area contributed by atoms with Gasteiger partial charge in [0.05, 0.1) is 17.9 Å². The molecule has 206 valence electrons. The van der Waals surface area contributed by atoms with Gasteiger partial charge in [0, 0.05) is 48.8 Å². The van der Waals surface area contributed by atoms with Crippen LogP contribution < -0.4 is 16.8 Å². The molecule has 2 saturated heterocycles. The van der Waals surface area contributed by atoms with Gasteiger partial charge in [-0.3, -0.25) is 29.6 Å². The largest absolute Gasteiger partial charge is 0.397 e. The number of imide groups is 1. The lowest BCUT2D eigenvalue weighted by molar-refractivity contribution is -0.136. The fraction of sp³-hybridized carbons (Fsp3) is 0.444. The Labute approximate surface area is 224 Å². The van der Waals surface area contributed by atoms with E-state index < -0.39 is 35.8 Å². The van der Waals surface area contributed by atoms with Crippen LogP contribution in [-0.4, -0.2) is 69.7 Å². The van der Waals surface area contributed by atoms with Crippen LogP contribution >= 0.6 is 0 Å². The summed E-state index contributed by atoms with van der Waals surface area (Å²) in [5.41, 5.74) is 14.5. The van der Waals surface area contributed by atoms with E-state index in [-0.39, 0.29) is 65.9 Å². The van der Waals surface area contributed by atoms with Crippen molar-refractivity contribution in [3.8, 4) is 11.3 Å². The van der Waals surface area contributed by atoms with Crippen LogP contribution in [0.25, 0.3) is 11.3 Å². The van der Waals surface area contributed by atoms with Crippen molar-refractivity contribution in [3.63, 3.8) is 0 Å². The van der Waals surface area contributed by atoms with Crippen LogP contribution in [0.4, 0.5) is 14.5 Å². The number of hydrogen-bond acceptors (Lipinski definition) is 7. The number of hydrogen-bond donors (Lipinski definition) is 3. The molecule has 5 N–H and O–H groups in total. The number of amidine groups is 1. The number of pyridine rings is 1. The molecule has 2 aromatic rings. The summed E-state index contributed by atoms with van der Waals surface area (Å²) in [6, 6.07) is 3.65. The number of rotatable bonds is 6. The van der Waals surface area contributed by atoms with Crippen molar-refractivity contribution in [2.75, 3.05) is 18.8 Å². The van der Waals surface area contributed by atoms with Crippen LogP contribution in [0.3, 0.4) is 0 Å². The van der Waals surface area contributed by atoms with Crippen molar-refractivity contribution < 1.29 is 23.2 Å². The number of carbonyl (C=O) groups excluding carboxylic acids is 3. The summed E-state index contributed by atoms with van der Waals surface area (Å²) in [6.07, 6.45) is -0.210. The van der Waals surface area contributed by atoms with Crippen LogP contribution in [0.2, 0.25) is 0 Å². The molecule has 3 amide bonds. The first kappa shape index (κ1) is 26.7. The Hall–Kier alpha value is -3.93. The van der Waals surface area contributed by atoms with E-state index in [1.54, 1.807) is 6.07 Å². The number of anilines is 1. The molecule has 5 rings (SSSR count). The number of benzene rings is 1. The highest BCUT2D eigenvalue weighted by Gasteiger charge is 2.40. The summed E-state index contributed by atoms with van der Waals surface area (Å²) >= 11 is 0. The second kappa shape index (κ2) is 10.3. The normalized spacial score (nSPS) is 22.1. The molecule has 3 aliphatic heterocycles. The monoisotopic (exact) mass is 539 g/mol. The summed E-state index contributed by atoms with van der Waals surface area (Å²) in [5.74, 6) is -1.98. The molecule has 39 heavy (non-hydrogen) atoms. The molecule has 0 spiro atoms. The highest BCUT2D eigenvalue weighted by Crippen LogP contribution is 2.35. The Morgan fingerprint density at radius 3 is 2.64 bits per heavy atom. The molecule has 0 aliphatic carbocycles. The molecule has 0 saturated carbocycles. The highest BCUT2D eigenvalue weighted by molar-refractivity contribution is 6.06. The number of likely N-dealkylation sites (tertiary alicyclic amines) is 1. The van der Waals surface area contributed by atoms with Crippen LogP contribution in [0, 0.1) is 5.82 Å². The molecule has 12 heteroatoms. The molecule has 1 aromatic carbocycles. The number of nitrogens with zero attached hydrogens (tertiary/aromatic N) is 4. The molecule has 2 unspecified atom stereocenters. The maximum atomic E-state index is 16.0. The standard InChI is InChI=1S/C27H31F2N7O3/c1-13(2)32-25(31)24-23(30)14(10-35-8-7-15(28)11-35)9-19(33-24)17-4-3-16-18(22(17)29)12-36(27(16)39)20-5-6-21(37)34-26(20)38/h3-4,9,13,15,20H,5-8,10-12,30H2,1-2H3,(H2,31,32)(H,34,37,38). The Kier molecular flexibility index (Phi) is 7.06. The van der Waals surface area contributed by atoms with Gasteiger partial charge in [0.1, 0.15) is 29.6 Å². The van der Waals surface area contributed by atoms with Crippen LogP contribution in [-0.2, 0) is 22.7 Å². The third-order valence-corrected chi connectivity index (χ3v) is 7.32. The molecule has 2 fully saturated rings. The third kappa shape index (κ3) is 5.08. The van der Waals surface area contributed by atoms with Gasteiger partial charge in [0.15, 0.2) is 0 Å². The van der Waals surface area contributed by atoms with E-state index in [1.165, 1.54) is 17.0 Å². The first-order chi connectivity index (χ1) is 18.5. The molecular weight excluding hydrogens is 508 g/mol. The third-order valence-electron chi connectivity index (χ3n) is 7.32. The smallest absolute Gasteiger partial charge is 0.255 e. The van der Waals surface area contributed by atoms with Crippen molar-refractivity contribution in [3.05, 3.63) is 46.4 Å². The number of nitrogens with two attached hydrogens (primary N) is 2. The number of nitrogens with one attached hydrogen (secondary N) is 1. The van der Waals surface area contributed by atoms with Gasteiger partial charge >= 0.3 is 0 Å². The van der Waals surface area contributed by atoms with Crippen molar-refractivity contribution in [1.82, 2.24) is 20.1 Å². The summed E-state index contributed by atoms with van der Waals surface area (Å²) in [7, 11) is 0. The van der Waals surface area contributed by atoms with Crippen molar-refractivity contribution >= 4 is 29.2 Å².